The molecule has 2 aliphatic heterocycles. The number of likely N-dealkylation sites (tertiary alicyclic amines) is 1. The fraction of sp³-hybridized carbons (Fsp3) is 0.520. The molecule has 3 fully saturated rings. The van der Waals surface area contributed by atoms with Crippen molar-refractivity contribution in [3.8, 4) is 0 Å². The van der Waals surface area contributed by atoms with Gasteiger partial charge in [0, 0.05) is 48.4 Å². The summed E-state index contributed by atoms with van der Waals surface area (Å²) in [4.78, 5) is 48.5. The van der Waals surface area contributed by atoms with Crippen LogP contribution in [-0.2, 0) is 21.5 Å². The van der Waals surface area contributed by atoms with Crippen LogP contribution in [0.1, 0.15) is 49.0 Å². The number of aromatic nitrogens is 1. The molecule has 7 nitrogen and oxygen atoms in total. The van der Waals surface area contributed by atoms with Crippen molar-refractivity contribution in [1.29, 1.82) is 0 Å². The van der Waals surface area contributed by atoms with Gasteiger partial charge in [0.2, 0.25) is 5.91 Å². The van der Waals surface area contributed by atoms with Crippen LogP contribution in [0.5, 0.6) is 0 Å². The fourth-order valence-corrected chi connectivity index (χ4v) is 6.44. The number of carbonyl (C=O) groups is 3. The molecule has 1 atom stereocenters. The van der Waals surface area contributed by atoms with Crippen LogP contribution in [0.25, 0.3) is 0 Å². The lowest BCUT2D eigenvalue weighted by Crippen LogP contribution is -2.54. The van der Waals surface area contributed by atoms with E-state index < -0.39 is 5.54 Å². The molecule has 5 rings (SSSR count). The number of hydrogen-bond donors (Lipinski definition) is 1. The average molecular weight is 467 g/mol. The van der Waals surface area contributed by atoms with Crippen LogP contribution < -0.4 is 5.32 Å². The molecule has 0 unspecified atom stereocenters. The van der Waals surface area contributed by atoms with Crippen LogP contribution in [-0.4, -0.2) is 52.3 Å². The van der Waals surface area contributed by atoms with Crippen LogP contribution in [0.2, 0.25) is 0 Å². The number of nitrogens with one attached hydrogen (secondary N) is 1. The Morgan fingerprint density at radius 2 is 1.91 bits per heavy atom. The molecule has 0 bridgehead atoms. The van der Waals surface area contributed by atoms with Crippen LogP contribution in [0.15, 0.2) is 42.0 Å². The highest BCUT2D eigenvalue weighted by molar-refractivity contribution is 7.09. The Bertz CT molecular complexity index is 998. The number of hydrogen-bond acceptors (Lipinski definition) is 5. The third kappa shape index (κ3) is 4.05. The molecule has 0 radical (unpaired) electrons. The molecule has 4 heterocycles. The van der Waals surface area contributed by atoms with Crippen molar-refractivity contribution in [2.24, 2.45) is 11.8 Å². The van der Waals surface area contributed by atoms with E-state index in [1.807, 2.05) is 34.5 Å². The van der Waals surface area contributed by atoms with Gasteiger partial charge in [-0.1, -0.05) is 25.0 Å². The maximum atomic E-state index is 13.9. The molecule has 4 amide bonds. The number of nitrogens with zero attached hydrogens (tertiary/aromatic N) is 3. The Morgan fingerprint density at radius 1 is 1.12 bits per heavy atom. The first-order chi connectivity index (χ1) is 16.1. The van der Waals surface area contributed by atoms with Crippen molar-refractivity contribution < 1.29 is 14.4 Å². The molecule has 1 N–H and O–H groups in total. The summed E-state index contributed by atoms with van der Waals surface area (Å²) >= 11 is 1.63. The van der Waals surface area contributed by atoms with Gasteiger partial charge in [-0.25, -0.2) is 4.79 Å². The van der Waals surface area contributed by atoms with Crippen LogP contribution >= 0.6 is 11.3 Å². The van der Waals surface area contributed by atoms with Crippen molar-refractivity contribution in [3.63, 3.8) is 0 Å². The maximum Gasteiger partial charge on any atom is 0.325 e. The predicted molar refractivity (Wildman–Crippen MR) is 125 cm³/mol. The van der Waals surface area contributed by atoms with E-state index >= 15 is 0 Å². The van der Waals surface area contributed by atoms with Gasteiger partial charge in [-0.2, -0.15) is 0 Å². The second-order valence-electron chi connectivity index (χ2n) is 9.35. The van der Waals surface area contributed by atoms with Gasteiger partial charge in [-0.3, -0.25) is 19.5 Å². The summed E-state index contributed by atoms with van der Waals surface area (Å²) in [5, 5.41) is 5.08. The quantitative estimate of drug-likeness (QED) is 0.660. The van der Waals surface area contributed by atoms with Crippen molar-refractivity contribution >= 4 is 29.2 Å². The summed E-state index contributed by atoms with van der Waals surface area (Å²) in [5.74, 6) is 0.144. The van der Waals surface area contributed by atoms with Gasteiger partial charge in [0.05, 0.1) is 0 Å². The minimum atomic E-state index is -1.12. The zero-order chi connectivity index (χ0) is 22.8. The zero-order valence-electron chi connectivity index (χ0n) is 18.7. The number of rotatable bonds is 6. The Labute approximate surface area is 198 Å². The fourth-order valence-electron chi connectivity index (χ4n) is 5.74. The molecule has 1 saturated carbocycles. The lowest BCUT2D eigenvalue weighted by Gasteiger charge is -2.41. The standard InChI is InChI=1S/C25H30N4O3S/c30-22(18-5-1-2-6-18)28-13-9-19(10-14-28)25(20-7-3-12-26-17-20)23(31)29(24(32)27-25)15-11-21-8-4-16-33-21/h3-4,7-8,12,16-19H,1-2,5-6,9-11,13-15H2,(H,27,32)/t25-/m0/s1. The van der Waals surface area contributed by atoms with Gasteiger partial charge in [0.15, 0.2) is 5.54 Å². The SMILES string of the molecule is O=C(C1CCCC1)N1CCC([C@@]2(c3cccnc3)NC(=O)N(CCc3cccs3)C2=O)CC1. The van der Waals surface area contributed by atoms with E-state index in [1.165, 1.54) is 4.90 Å². The summed E-state index contributed by atoms with van der Waals surface area (Å²) in [7, 11) is 0. The number of pyridine rings is 1. The Balaban J connectivity index is 1.36. The van der Waals surface area contributed by atoms with E-state index in [2.05, 4.69) is 10.3 Å². The maximum absolute atomic E-state index is 13.9. The summed E-state index contributed by atoms with van der Waals surface area (Å²) in [5.41, 5.74) is -0.397. The van der Waals surface area contributed by atoms with Crippen molar-refractivity contribution in [2.75, 3.05) is 19.6 Å². The van der Waals surface area contributed by atoms with Gasteiger partial charge in [0.1, 0.15) is 0 Å². The minimum absolute atomic E-state index is 0.0856. The summed E-state index contributed by atoms with van der Waals surface area (Å²) in [6, 6.07) is 7.35. The van der Waals surface area contributed by atoms with Crippen molar-refractivity contribution in [2.45, 2.75) is 50.5 Å². The first-order valence-corrected chi connectivity index (χ1v) is 12.8. The van der Waals surface area contributed by atoms with Gasteiger partial charge in [-0.15, -0.1) is 11.3 Å². The molecule has 1 aliphatic carbocycles. The molecule has 8 heteroatoms. The smallest absolute Gasteiger partial charge is 0.325 e. The van der Waals surface area contributed by atoms with E-state index in [-0.39, 0.29) is 29.7 Å². The third-order valence-corrected chi connectivity index (χ3v) is 8.47. The zero-order valence-corrected chi connectivity index (χ0v) is 19.6. The van der Waals surface area contributed by atoms with Crippen LogP contribution in [0.3, 0.4) is 0 Å². The van der Waals surface area contributed by atoms with Crippen LogP contribution in [0, 0.1) is 11.8 Å². The van der Waals surface area contributed by atoms with Crippen molar-refractivity contribution in [1.82, 2.24) is 20.1 Å². The number of amides is 4. The van der Waals surface area contributed by atoms with Gasteiger partial charge in [0.25, 0.3) is 5.91 Å². The largest absolute Gasteiger partial charge is 0.342 e. The van der Waals surface area contributed by atoms with E-state index in [9.17, 15) is 14.4 Å². The van der Waals surface area contributed by atoms with Crippen molar-refractivity contribution in [3.05, 3.63) is 52.5 Å². The molecule has 0 spiro atoms. The second kappa shape index (κ2) is 9.25. The van der Waals surface area contributed by atoms with E-state index in [0.29, 0.717) is 38.9 Å². The molecule has 2 saturated heterocycles. The molecule has 0 aromatic carbocycles. The first kappa shape index (κ1) is 22.1. The van der Waals surface area contributed by atoms with Crippen LogP contribution in [0.4, 0.5) is 4.79 Å². The lowest BCUT2D eigenvalue weighted by atomic mass is 9.73. The molecule has 2 aromatic heterocycles. The molecule has 3 aliphatic rings. The van der Waals surface area contributed by atoms with Gasteiger partial charge < -0.3 is 10.2 Å². The molecule has 2 aromatic rings. The lowest BCUT2D eigenvalue weighted by molar-refractivity contribution is -0.138. The van der Waals surface area contributed by atoms with E-state index in [4.69, 9.17) is 0 Å². The highest BCUT2D eigenvalue weighted by Gasteiger charge is 2.57. The molecular weight excluding hydrogens is 436 g/mol. The van der Waals surface area contributed by atoms with Gasteiger partial charge >= 0.3 is 6.03 Å². The monoisotopic (exact) mass is 466 g/mol. The van der Waals surface area contributed by atoms with Gasteiger partial charge in [-0.05, 0) is 55.5 Å². The normalized spacial score (nSPS) is 24.5. The molecule has 33 heavy (non-hydrogen) atoms. The second-order valence-corrected chi connectivity index (χ2v) is 10.4. The Kier molecular flexibility index (Phi) is 6.19. The predicted octanol–water partition coefficient (Wildman–Crippen LogP) is 3.56. The average Bonchev–Trinajstić information content (AvgIpc) is 3.61. The minimum Gasteiger partial charge on any atom is -0.342 e. The highest BCUT2D eigenvalue weighted by Crippen LogP contribution is 2.41. The Morgan fingerprint density at radius 3 is 2.58 bits per heavy atom. The molecule has 174 valence electrons. The number of piperidine rings is 1. The third-order valence-electron chi connectivity index (χ3n) is 7.53. The highest BCUT2D eigenvalue weighted by atomic mass is 32.1. The number of thiophene rings is 1. The van der Waals surface area contributed by atoms with E-state index in [0.717, 1.165) is 36.1 Å². The first-order valence-electron chi connectivity index (χ1n) is 12.0. The topological polar surface area (TPSA) is 82.6 Å². The number of imide groups is 1. The van der Waals surface area contributed by atoms with E-state index in [1.54, 1.807) is 23.7 Å². The molecular formula is C25H30N4O3S. The number of carbonyl (C=O) groups excluding carboxylic acids is 3. The summed E-state index contributed by atoms with van der Waals surface area (Å²) in [6.45, 7) is 1.60. The Hall–Kier alpha value is -2.74. The number of urea groups is 1. The summed E-state index contributed by atoms with van der Waals surface area (Å²) in [6.07, 6.45) is 9.63. The summed E-state index contributed by atoms with van der Waals surface area (Å²) < 4.78 is 0.